The molecule has 0 unspecified atom stereocenters. The lowest BCUT2D eigenvalue weighted by atomic mass is 10.1. The molecule has 1 aromatic heterocycles. The molecule has 1 amide bonds. The Morgan fingerprint density at radius 2 is 1.86 bits per heavy atom. The second kappa shape index (κ2) is 8.35. The first-order valence-electron chi connectivity index (χ1n) is 9.21. The number of benzene rings is 2. The summed E-state index contributed by atoms with van der Waals surface area (Å²) in [4.78, 5) is 15.9. The summed E-state index contributed by atoms with van der Waals surface area (Å²) in [5.74, 6) is -0.105. The number of nitrogens with one attached hydrogen (secondary N) is 1. The number of ether oxygens (including phenoxy) is 1. The number of aryl methyl sites for hydroxylation is 1. The maximum atomic E-state index is 13.0. The van der Waals surface area contributed by atoms with E-state index in [2.05, 4.69) is 22.3 Å². The van der Waals surface area contributed by atoms with E-state index in [0.717, 1.165) is 40.5 Å². The third-order valence-corrected chi connectivity index (χ3v) is 6.19. The lowest BCUT2D eigenvalue weighted by Gasteiger charge is -2.28. The van der Waals surface area contributed by atoms with E-state index in [9.17, 15) is 4.79 Å². The largest absolute Gasteiger partial charge is 0.378 e. The van der Waals surface area contributed by atoms with Crippen molar-refractivity contribution in [2.45, 2.75) is 6.92 Å². The summed E-state index contributed by atoms with van der Waals surface area (Å²) in [7, 11) is 0. The molecule has 0 spiro atoms. The number of carbonyl (C=O) groups is 1. The van der Waals surface area contributed by atoms with Crippen LogP contribution in [0.1, 0.15) is 15.2 Å². The Balaban J connectivity index is 1.67. The zero-order valence-electron chi connectivity index (χ0n) is 15.6. The number of hydrogen-bond acceptors (Lipinski definition) is 4. The molecule has 2 heterocycles. The van der Waals surface area contributed by atoms with E-state index in [1.54, 1.807) is 6.07 Å². The van der Waals surface area contributed by atoms with Crippen LogP contribution in [0.5, 0.6) is 0 Å². The first kappa shape index (κ1) is 19.0. The van der Waals surface area contributed by atoms with Crippen molar-refractivity contribution in [3.63, 3.8) is 0 Å². The summed E-state index contributed by atoms with van der Waals surface area (Å²) in [6.45, 7) is 5.01. The molecule has 4 rings (SSSR count). The van der Waals surface area contributed by atoms with Crippen molar-refractivity contribution in [1.29, 1.82) is 0 Å². The number of amides is 1. The maximum absolute atomic E-state index is 13.0. The SMILES string of the molecule is Cc1cc(Cl)ccc1NC(=O)c1cc(-c2ccccc2)c(N2CCOCC2)s1. The van der Waals surface area contributed by atoms with E-state index in [1.807, 2.05) is 43.3 Å². The van der Waals surface area contributed by atoms with E-state index in [4.69, 9.17) is 16.3 Å². The number of anilines is 2. The van der Waals surface area contributed by atoms with Crippen LogP contribution in [0, 0.1) is 6.92 Å². The Bertz CT molecular complexity index is 981. The molecular weight excluding hydrogens is 392 g/mol. The van der Waals surface area contributed by atoms with Crippen molar-refractivity contribution >= 4 is 39.5 Å². The molecule has 6 heteroatoms. The minimum Gasteiger partial charge on any atom is -0.378 e. The van der Waals surface area contributed by atoms with Gasteiger partial charge in [0, 0.05) is 29.4 Å². The predicted octanol–water partition coefficient (Wildman–Crippen LogP) is 5.47. The molecular formula is C22H21ClN2O2S. The van der Waals surface area contributed by atoms with E-state index in [0.29, 0.717) is 23.1 Å². The third-order valence-electron chi connectivity index (χ3n) is 4.76. The molecule has 1 aliphatic heterocycles. The quantitative estimate of drug-likeness (QED) is 0.618. The van der Waals surface area contributed by atoms with E-state index < -0.39 is 0 Å². The van der Waals surface area contributed by atoms with Crippen molar-refractivity contribution in [2.75, 3.05) is 36.5 Å². The average Bonchev–Trinajstić information content (AvgIpc) is 3.17. The van der Waals surface area contributed by atoms with Crippen molar-refractivity contribution in [3.05, 3.63) is 70.1 Å². The third kappa shape index (κ3) is 4.07. The van der Waals surface area contributed by atoms with Gasteiger partial charge in [0.05, 0.1) is 23.1 Å². The Labute approximate surface area is 173 Å². The lowest BCUT2D eigenvalue weighted by molar-refractivity contribution is 0.103. The highest BCUT2D eigenvalue weighted by molar-refractivity contribution is 7.18. The number of thiophene rings is 1. The summed E-state index contributed by atoms with van der Waals surface area (Å²) in [6, 6.07) is 17.7. The lowest BCUT2D eigenvalue weighted by Crippen LogP contribution is -2.35. The van der Waals surface area contributed by atoms with Crippen LogP contribution in [0.25, 0.3) is 11.1 Å². The Kier molecular flexibility index (Phi) is 5.67. The fraction of sp³-hybridized carbons (Fsp3) is 0.227. The van der Waals surface area contributed by atoms with Gasteiger partial charge in [0.1, 0.15) is 0 Å². The highest BCUT2D eigenvalue weighted by Gasteiger charge is 2.22. The van der Waals surface area contributed by atoms with Gasteiger partial charge >= 0.3 is 0 Å². The summed E-state index contributed by atoms with van der Waals surface area (Å²) in [5, 5.41) is 4.80. The van der Waals surface area contributed by atoms with Crippen molar-refractivity contribution < 1.29 is 9.53 Å². The number of nitrogens with zero attached hydrogens (tertiary/aromatic N) is 1. The molecule has 28 heavy (non-hydrogen) atoms. The van der Waals surface area contributed by atoms with Crippen LogP contribution in [0.3, 0.4) is 0 Å². The molecule has 0 bridgehead atoms. The normalized spacial score (nSPS) is 14.1. The molecule has 4 nitrogen and oxygen atoms in total. The van der Waals surface area contributed by atoms with Crippen LogP contribution < -0.4 is 10.2 Å². The van der Waals surface area contributed by atoms with Crippen LogP contribution in [0.2, 0.25) is 5.02 Å². The van der Waals surface area contributed by atoms with Crippen molar-refractivity contribution in [3.8, 4) is 11.1 Å². The number of carbonyl (C=O) groups excluding carboxylic acids is 1. The van der Waals surface area contributed by atoms with Gasteiger partial charge in [-0.05, 0) is 42.3 Å². The van der Waals surface area contributed by atoms with Gasteiger partial charge in [0.15, 0.2) is 0 Å². The number of hydrogen-bond donors (Lipinski definition) is 1. The van der Waals surface area contributed by atoms with Crippen LogP contribution in [-0.2, 0) is 4.74 Å². The fourth-order valence-corrected chi connectivity index (χ4v) is 4.62. The Hall–Kier alpha value is -2.34. The Morgan fingerprint density at radius 1 is 1.11 bits per heavy atom. The molecule has 1 N–H and O–H groups in total. The topological polar surface area (TPSA) is 41.6 Å². The predicted molar refractivity (Wildman–Crippen MR) is 117 cm³/mol. The van der Waals surface area contributed by atoms with Gasteiger partial charge in [0.25, 0.3) is 5.91 Å². The molecule has 144 valence electrons. The number of rotatable bonds is 4. The van der Waals surface area contributed by atoms with Crippen LogP contribution in [0.15, 0.2) is 54.6 Å². The minimum atomic E-state index is -0.105. The van der Waals surface area contributed by atoms with E-state index in [-0.39, 0.29) is 5.91 Å². The van der Waals surface area contributed by atoms with Gasteiger partial charge < -0.3 is 15.0 Å². The summed E-state index contributed by atoms with van der Waals surface area (Å²) >= 11 is 7.55. The maximum Gasteiger partial charge on any atom is 0.265 e. The van der Waals surface area contributed by atoms with Gasteiger partial charge in [-0.1, -0.05) is 41.9 Å². The van der Waals surface area contributed by atoms with Crippen LogP contribution in [-0.4, -0.2) is 32.2 Å². The fourth-order valence-electron chi connectivity index (χ4n) is 3.27. The van der Waals surface area contributed by atoms with E-state index >= 15 is 0 Å². The molecule has 0 aliphatic carbocycles. The molecule has 1 saturated heterocycles. The Morgan fingerprint density at radius 3 is 2.57 bits per heavy atom. The first-order valence-corrected chi connectivity index (χ1v) is 10.4. The molecule has 0 atom stereocenters. The smallest absolute Gasteiger partial charge is 0.265 e. The highest BCUT2D eigenvalue weighted by Crippen LogP contribution is 2.39. The summed E-state index contributed by atoms with van der Waals surface area (Å²) < 4.78 is 5.50. The molecule has 2 aromatic carbocycles. The molecule has 0 saturated carbocycles. The minimum absolute atomic E-state index is 0.105. The number of morpholine rings is 1. The van der Waals surface area contributed by atoms with Crippen LogP contribution >= 0.6 is 22.9 Å². The highest BCUT2D eigenvalue weighted by atomic mass is 35.5. The zero-order valence-corrected chi connectivity index (χ0v) is 17.1. The average molecular weight is 413 g/mol. The van der Waals surface area contributed by atoms with Gasteiger partial charge in [-0.25, -0.2) is 0 Å². The van der Waals surface area contributed by atoms with Gasteiger partial charge in [-0.15, -0.1) is 11.3 Å². The molecule has 1 aliphatic rings. The standard InChI is InChI=1S/C22H21ClN2O2S/c1-15-13-17(23)7-8-19(15)24-21(26)20-14-18(16-5-3-2-4-6-16)22(28-20)25-9-11-27-12-10-25/h2-8,13-14H,9-12H2,1H3,(H,24,26). The molecule has 3 aromatic rings. The summed E-state index contributed by atoms with van der Waals surface area (Å²) in [5.41, 5.74) is 3.92. The van der Waals surface area contributed by atoms with Gasteiger partial charge in [-0.3, -0.25) is 4.79 Å². The van der Waals surface area contributed by atoms with Crippen molar-refractivity contribution in [2.24, 2.45) is 0 Å². The second-order valence-electron chi connectivity index (χ2n) is 6.71. The van der Waals surface area contributed by atoms with Gasteiger partial charge in [-0.2, -0.15) is 0 Å². The second-order valence-corrected chi connectivity index (χ2v) is 8.18. The molecule has 0 radical (unpaired) electrons. The van der Waals surface area contributed by atoms with Crippen molar-refractivity contribution in [1.82, 2.24) is 0 Å². The molecule has 1 fully saturated rings. The van der Waals surface area contributed by atoms with Crippen LogP contribution in [0.4, 0.5) is 10.7 Å². The monoisotopic (exact) mass is 412 g/mol. The number of halogens is 1. The van der Waals surface area contributed by atoms with E-state index in [1.165, 1.54) is 11.3 Å². The van der Waals surface area contributed by atoms with Gasteiger partial charge in [0.2, 0.25) is 0 Å². The zero-order chi connectivity index (χ0) is 19.5. The first-order chi connectivity index (χ1) is 13.6. The summed E-state index contributed by atoms with van der Waals surface area (Å²) in [6.07, 6.45) is 0.